The van der Waals surface area contributed by atoms with E-state index in [1.54, 1.807) is 0 Å². The first kappa shape index (κ1) is 9.97. The molecule has 4 heteroatoms. The summed E-state index contributed by atoms with van der Waals surface area (Å²) in [4.78, 5) is 9.00. The quantitative estimate of drug-likeness (QED) is 0.629. The summed E-state index contributed by atoms with van der Waals surface area (Å²) in [6, 6.07) is 0. The van der Waals surface area contributed by atoms with Crippen molar-refractivity contribution in [1.29, 1.82) is 0 Å². The van der Waals surface area contributed by atoms with Gasteiger partial charge in [-0.2, -0.15) is 0 Å². The minimum Gasteiger partial charge on any atom is -0.215 e. The molecule has 0 fully saturated rings. The lowest BCUT2D eigenvalue weighted by molar-refractivity contribution is 0.463. The predicted octanol–water partition coefficient (Wildman–Crippen LogP) is 3.27. The third-order valence-electron chi connectivity index (χ3n) is 0.665. The summed E-state index contributed by atoms with van der Waals surface area (Å²) < 4.78 is 0. The van der Waals surface area contributed by atoms with Crippen LogP contribution in [0.25, 0.3) is 0 Å². The molecule has 0 aromatic carbocycles. The lowest BCUT2D eigenvalue weighted by Gasteiger charge is -2.15. The molecular weight excluding hydrogens is 178 g/mol. The monoisotopic (exact) mass is 189 g/mol. The molecule has 0 rings (SSSR count). The molecule has 0 aliphatic heterocycles. The van der Waals surface area contributed by atoms with Gasteiger partial charge < -0.3 is 0 Å². The van der Waals surface area contributed by atoms with Crippen molar-refractivity contribution in [2.45, 2.75) is 20.8 Å². The van der Waals surface area contributed by atoms with Crippen LogP contribution in [0.4, 0.5) is 0 Å². The molecular formula is C5H12Cl2OP+. The summed E-state index contributed by atoms with van der Waals surface area (Å²) in [5.41, 5.74) is 0.0199. The Morgan fingerprint density at radius 2 is 1.67 bits per heavy atom. The molecule has 1 N–H and O–H groups in total. The van der Waals surface area contributed by atoms with Crippen LogP contribution >= 0.6 is 28.7 Å². The molecule has 0 spiro atoms. The van der Waals surface area contributed by atoms with Crippen LogP contribution in [-0.2, 0) is 0 Å². The van der Waals surface area contributed by atoms with Gasteiger partial charge in [0.25, 0.3) is 0 Å². The molecule has 0 aromatic rings. The Hall–Kier alpha value is 0.970. The fraction of sp³-hybridized carbons (Fsp3) is 1.00. The second-order valence-corrected chi connectivity index (χ2v) is 8.70. The first-order chi connectivity index (χ1) is 3.71. The maximum Gasteiger partial charge on any atom is 0.336 e. The molecule has 0 atom stereocenters. The van der Waals surface area contributed by atoms with Crippen molar-refractivity contribution in [2.24, 2.45) is 5.41 Å². The summed E-state index contributed by atoms with van der Waals surface area (Å²) in [7, 11) is 0. The second kappa shape index (κ2) is 2.92. The van der Waals surface area contributed by atoms with E-state index in [9.17, 15) is 0 Å². The molecule has 56 valence electrons. The maximum atomic E-state index is 9.00. The highest BCUT2D eigenvalue weighted by Crippen LogP contribution is 2.67. The minimum atomic E-state index is -2.59. The zero-order valence-corrected chi connectivity index (χ0v) is 8.26. The summed E-state index contributed by atoms with van der Waals surface area (Å²) in [6.07, 6.45) is -2.10. The maximum absolute atomic E-state index is 9.00. The van der Waals surface area contributed by atoms with Gasteiger partial charge in [0.2, 0.25) is 0 Å². The van der Waals surface area contributed by atoms with E-state index >= 15 is 0 Å². The van der Waals surface area contributed by atoms with Crippen molar-refractivity contribution < 1.29 is 4.89 Å². The average molecular weight is 190 g/mol. The highest BCUT2D eigenvalue weighted by molar-refractivity contribution is 8.13. The van der Waals surface area contributed by atoms with Gasteiger partial charge in [-0.15, -0.1) is 0 Å². The first-order valence-electron chi connectivity index (χ1n) is 2.71. The van der Waals surface area contributed by atoms with Gasteiger partial charge >= 0.3 is 6.19 Å². The standard InChI is InChI=1S/C5H12Cl2OP/c1-5(2,3)4-9(6,7)8/h8H,4H2,1-3H3/q+1. The van der Waals surface area contributed by atoms with E-state index in [-0.39, 0.29) is 5.41 Å². The van der Waals surface area contributed by atoms with Crippen LogP contribution in [0, 0.1) is 5.41 Å². The molecule has 0 aromatic heterocycles. The van der Waals surface area contributed by atoms with Gasteiger partial charge in [-0.1, -0.05) is 20.8 Å². The smallest absolute Gasteiger partial charge is 0.215 e. The molecule has 0 saturated carbocycles. The average Bonchev–Trinajstić information content (AvgIpc) is 1.14. The number of halogens is 2. The van der Waals surface area contributed by atoms with Crippen LogP contribution in [0.3, 0.4) is 0 Å². The number of hydrogen-bond donors (Lipinski definition) is 1. The SMILES string of the molecule is CC(C)(C)C[P+](O)(Cl)Cl. The van der Waals surface area contributed by atoms with Crippen LogP contribution in [-0.4, -0.2) is 11.1 Å². The van der Waals surface area contributed by atoms with Crippen molar-refractivity contribution in [3.8, 4) is 0 Å². The van der Waals surface area contributed by atoms with E-state index < -0.39 is 6.19 Å². The van der Waals surface area contributed by atoms with Gasteiger partial charge in [0.05, 0.1) is 0 Å². The second-order valence-electron chi connectivity index (χ2n) is 3.31. The van der Waals surface area contributed by atoms with E-state index in [0.717, 1.165) is 0 Å². The van der Waals surface area contributed by atoms with Crippen molar-refractivity contribution in [3.63, 3.8) is 0 Å². The molecule has 1 nitrogen and oxygen atoms in total. The summed E-state index contributed by atoms with van der Waals surface area (Å²) in [6.45, 7) is 5.97. The Kier molecular flexibility index (Phi) is 3.23. The Morgan fingerprint density at radius 3 is 1.67 bits per heavy atom. The van der Waals surface area contributed by atoms with E-state index in [1.807, 2.05) is 20.8 Å². The van der Waals surface area contributed by atoms with Crippen molar-refractivity contribution in [1.82, 2.24) is 0 Å². The molecule has 0 saturated heterocycles. The molecule has 0 aliphatic rings. The van der Waals surface area contributed by atoms with Gasteiger partial charge in [0, 0.05) is 5.41 Å². The molecule has 0 bridgehead atoms. The van der Waals surface area contributed by atoms with Crippen molar-refractivity contribution in [2.75, 3.05) is 6.16 Å². The highest BCUT2D eigenvalue weighted by Gasteiger charge is 2.37. The van der Waals surface area contributed by atoms with Crippen molar-refractivity contribution in [3.05, 3.63) is 0 Å². The normalized spacial score (nSPS) is 14.0. The van der Waals surface area contributed by atoms with Gasteiger partial charge in [0.1, 0.15) is 28.6 Å². The van der Waals surface area contributed by atoms with Gasteiger partial charge in [-0.05, 0) is 0 Å². The summed E-state index contributed by atoms with van der Waals surface area (Å²) in [5.74, 6) is 0. The van der Waals surface area contributed by atoms with Crippen LogP contribution in [0.5, 0.6) is 0 Å². The number of rotatable bonds is 1. The third kappa shape index (κ3) is 8.97. The largest absolute Gasteiger partial charge is 0.336 e. The Morgan fingerprint density at radius 1 is 1.33 bits per heavy atom. The molecule has 0 heterocycles. The van der Waals surface area contributed by atoms with Gasteiger partial charge in [-0.3, -0.25) is 0 Å². The Labute approximate surface area is 66.4 Å². The van der Waals surface area contributed by atoms with Crippen LogP contribution in [0.1, 0.15) is 20.8 Å². The van der Waals surface area contributed by atoms with Crippen LogP contribution < -0.4 is 0 Å². The van der Waals surface area contributed by atoms with E-state index in [2.05, 4.69) is 0 Å². The molecule has 0 aliphatic carbocycles. The molecule has 0 radical (unpaired) electrons. The Bertz CT molecular complexity index is 80.1. The molecule has 0 unspecified atom stereocenters. The lowest BCUT2D eigenvalue weighted by atomic mass is 10.0. The number of hydrogen-bond acceptors (Lipinski definition) is 1. The van der Waals surface area contributed by atoms with E-state index in [0.29, 0.717) is 6.16 Å². The molecule has 0 amide bonds. The fourth-order valence-corrected chi connectivity index (χ4v) is 3.86. The van der Waals surface area contributed by atoms with Gasteiger partial charge in [-0.25, -0.2) is 4.89 Å². The van der Waals surface area contributed by atoms with Crippen molar-refractivity contribution >= 4 is 28.7 Å². The third-order valence-corrected chi connectivity index (χ3v) is 2.71. The lowest BCUT2D eigenvalue weighted by Crippen LogP contribution is -2.10. The van der Waals surface area contributed by atoms with E-state index in [1.165, 1.54) is 0 Å². The minimum absolute atomic E-state index is 0.0199. The molecule has 9 heavy (non-hydrogen) atoms. The zero-order chi connectivity index (χ0) is 7.71. The van der Waals surface area contributed by atoms with Gasteiger partial charge in [0.15, 0.2) is 0 Å². The predicted molar refractivity (Wildman–Crippen MR) is 45.2 cm³/mol. The van der Waals surface area contributed by atoms with E-state index in [4.69, 9.17) is 27.4 Å². The highest BCUT2D eigenvalue weighted by atomic mass is 35.9. The van der Waals surface area contributed by atoms with Crippen LogP contribution in [0.2, 0.25) is 0 Å². The van der Waals surface area contributed by atoms with Crippen LogP contribution in [0.15, 0.2) is 0 Å². The topological polar surface area (TPSA) is 20.2 Å². The Balaban J connectivity index is 3.75. The summed E-state index contributed by atoms with van der Waals surface area (Å²) in [5, 5.41) is 0. The summed E-state index contributed by atoms with van der Waals surface area (Å²) >= 11 is 10.9. The zero-order valence-electron chi connectivity index (χ0n) is 5.86. The fourth-order valence-electron chi connectivity index (χ4n) is 0.571. The first-order valence-corrected chi connectivity index (χ1v) is 6.44.